The Labute approximate surface area is 101 Å². The Kier molecular flexibility index (Phi) is 2.56. The zero-order valence-electron chi connectivity index (χ0n) is 10.3. The number of nitrogens with one attached hydrogen (secondary N) is 2. The second-order valence-corrected chi connectivity index (χ2v) is 4.54. The van der Waals surface area contributed by atoms with Crippen LogP contribution in [0.2, 0.25) is 0 Å². The van der Waals surface area contributed by atoms with Crippen LogP contribution in [-0.2, 0) is 6.42 Å². The van der Waals surface area contributed by atoms with Gasteiger partial charge in [0, 0.05) is 22.6 Å². The Hall–Kier alpha value is -1.48. The van der Waals surface area contributed by atoms with Crippen LogP contribution in [0.25, 0.3) is 10.9 Å². The second-order valence-electron chi connectivity index (χ2n) is 4.54. The number of ether oxygens (including phenoxy) is 1. The first-order chi connectivity index (χ1) is 8.33. The maximum atomic E-state index is 5.58. The molecular formula is C14H18N2O. The maximum absolute atomic E-state index is 5.58. The fraction of sp³-hybridized carbons (Fsp3) is 0.429. The molecule has 0 spiro atoms. The smallest absolute Gasteiger partial charge is 0.120 e. The van der Waals surface area contributed by atoms with Gasteiger partial charge in [-0.05, 0) is 50.6 Å². The predicted octanol–water partition coefficient (Wildman–Crippen LogP) is 2.77. The first kappa shape index (κ1) is 10.7. The van der Waals surface area contributed by atoms with Crippen molar-refractivity contribution in [2.75, 3.05) is 13.7 Å². The van der Waals surface area contributed by atoms with E-state index in [0.717, 1.165) is 12.2 Å². The molecule has 1 aliphatic carbocycles. The Bertz CT molecular complexity index is 544. The zero-order chi connectivity index (χ0) is 11.8. The third kappa shape index (κ3) is 1.62. The van der Waals surface area contributed by atoms with Crippen LogP contribution in [0.15, 0.2) is 18.2 Å². The second kappa shape index (κ2) is 4.08. The van der Waals surface area contributed by atoms with E-state index in [4.69, 9.17) is 4.74 Å². The molecule has 1 aromatic carbocycles. The van der Waals surface area contributed by atoms with Crippen LogP contribution in [0.3, 0.4) is 0 Å². The Morgan fingerprint density at radius 3 is 3.12 bits per heavy atom. The summed E-state index contributed by atoms with van der Waals surface area (Å²) in [4.78, 5) is 3.51. The number of rotatable bonds is 3. The highest BCUT2D eigenvalue weighted by Crippen LogP contribution is 2.37. The molecule has 2 N–H and O–H groups in total. The predicted molar refractivity (Wildman–Crippen MR) is 69.6 cm³/mol. The lowest BCUT2D eigenvalue weighted by molar-refractivity contribution is 0.340. The fourth-order valence-electron chi connectivity index (χ4n) is 2.82. The number of aryl methyl sites for hydroxylation is 1. The summed E-state index contributed by atoms with van der Waals surface area (Å²) < 4.78 is 5.58. The van der Waals surface area contributed by atoms with Crippen LogP contribution in [-0.4, -0.2) is 18.6 Å². The van der Waals surface area contributed by atoms with E-state index in [1.807, 2.05) is 20.0 Å². The molecule has 90 valence electrons. The van der Waals surface area contributed by atoms with Gasteiger partial charge in [0.2, 0.25) is 0 Å². The SMILES string of the molecule is CCOc1ccc2[nH]c3c(c2c1)C(NC)CC3. The number of benzene rings is 1. The van der Waals surface area contributed by atoms with Crippen molar-refractivity contribution in [3.63, 3.8) is 0 Å². The molecule has 0 radical (unpaired) electrons. The summed E-state index contributed by atoms with van der Waals surface area (Å²) in [5.41, 5.74) is 4.04. The largest absolute Gasteiger partial charge is 0.494 e. The van der Waals surface area contributed by atoms with Gasteiger partial charge in [-0.1, -0.05) is 0 Å². The number of hydrogen-bond donors (Lipinski definition) is 2. The molecule has 0 bridgehead atoms. The third-order valence-electron chi connectivity index (χ3n) is 3.58. The van der Waals surface area contributed by atoms with Gasteiger partial charge >= 0.3 is 0 Å². The number of hydrogen-bond acceptors (Lipinski definition) is 2. The molecule has 1 atom stereocenters. The minimum Gasteiger partial charge on any atom is -0.494 e. The molecule has 3 rings (SSSR count). The van der Waals surface area contributed by atoms with E-state index >= 15 is 0 Å². The topological polar surface area (TPSA) is 37.0 Å². The normalized spacial score (nSPS) is 18.6. The number of aromatic nitrogens is 1. The van der Waals surface area contributed by atoms with Gasteiger partial charge < -0.3 is 15.0 Å². The van der Waals surface area contributed by atoms with Crippen molar-refractivity contribution >= 4 is 10.9 Å². The van der Waals surface area contributed by atoms with Crippen molar-refractivity contribution in [1.29, 1.82) is 0 Å². The van der Waals surface area contributed by atoms with E-state index < -0.39 is 0 Å². The van der Waals surface area contributed by atoms with E-state index in [2.05, 4.69) is 22.4 Å². The monoisotopic (exact) mass is 230 g/mol. The highest BCUT2D eigenvalue weighted by molar-refractivity contribution is 5.87. The molecule has 0 aliphatic heterocycles. The van der Waals surface area contributed by atoms with Gasteiger partial charge in [0.1, 0.15) is 5.75 Å². The number of fused-ring (bicyclic) bond motifs is 3. The fourth-order valence-corrected chi connectivity index (χ4v) is 2.82. The average molecular weight is 230 g/mol. The molecule has 0 saturated carbocycles. The van der Waals surface area contributed by atoms with Gasteiger partial charge in [-0.15, -0.1) is 0 Å². The summed E-state index contributed by atoms with van der Waals surface area (Å²) in [6.07, 6.45) is 2.33. The first-order valence-electron chi connectivity index (χ1n) is 6.28. The van der Waals surface area contributed by atoms with Gasteiger partial charge in [-0.2, -0.15) is 0 Å². The molecule has 1 aliphatic rings. The van der Waals surface area contributed by atoms with Crippen LogP contribution >= 0.6 is 0 Å². The van der Waals surface area contributed by atoms with Crippen LogP contribution in [0.1, 0.15) is 30.6 Å². The Balaban J connectivity index is 2.14. The highest BCUT2D eigenvalue weighted by Gasteiger charge is 2.25. The number of H-pyrrole nitrogens is 1. The summed E-state index contributed by atoms with van der Waals surface area (Å²) >= 11 is 0. The molecule has 3 nitrogen and oxygen atoms in total. The minimum atomic E-state index is 0.482. The van der Waals surface area contributed by atoms with E-state index in [9.17, 15) is 0 Å². The molecule has 3 heteroatoms. The molecule has 0 amide bonds. The van der Waals surface area contributed by atoms with Gasteiger partial charge in [-0.25, -0.2) is 0 Å². The molecule has 17 heavy (non-hydrogen) atoms. The summed E-state index contributed by atoms with van der Waals surface area (Å²) in [5, 5.41) is 4.70. The van der Waals surface area contributed by atoms with E-state index in [0.29, 0.717) is 12.6 Å². The van der Waals surface area contributed by atoms with Crippen molar-refractivity contribution in [2.45, 2.75) is 25.8 Å². The zero-order valence-corrected chi connectivity index (χ0v) is 10.3. The molecular weight excluding hydrogens is 212 g/mol. The molecule has 1 heterocycles. The summed E-state index contributed by atoms with van der Waals surface area (Å²) in [7, 11) is 2.03. The summed E-state index contributed by atoms with van der Waals surface area (Å²) in [6.45, 7) is 2.73. The van der Waals surface area contributed by atoms with Crippen LogP contribution in [0.4, 0.5) is 0 Å². The van der Waals surface area contributed by atoms with Crippen molar-refractivity contribution in [2.24, 2.45) is 0 Å². The average Bonchev–Trinajstić information content (AvgIpc) is 2.88. The summed E-state index contributed by atoms with van der Waals surface area (Å²) in [6, 6.07) is 6.79. The van der Waals surface area contributed by atoms with Gasteiger partial charge in [-0.3, -0.25) is 0 Å². The molecule has 0 fully saturated rings. The van der Waals surface area contributed by atoms with E-state index in [1.165, 1.54) is 28.6 Å². The molecule has 0 saturated heterocycles. The van der Waals surface area contributed by atoms with Crippen LogP contribution < -0.4 is 10.1 Å². The van der Waals surface area contributed by atoms with Crippen LogP contribution in [0.5, 0.6) is 5.75 Å². The number of aromatic amines is 1. The lowest BCUT2D eigenvalue weighted by Gasteiger charge is -2.09. The lowest BCUT2D eigenvalue weighted by Crippen LogP contribution is -2.12. The minimum absolute atomic E-state index is 0.482. The van der Waals surface area contributed by atoms with Gasteiger partial charge in [0.25, 0.3) is 0 Å². The standard InChI is InChI=1S/C14H18N2O/c1-3-17-9-4-5-11-10(8-9)14-12(15-2)6-7-13(14)16-11/h4-5,8,12,15-16H,3,6-7H2,1-2H3. The maximum Gasteiger partial charge on any atom is 0.120 e. The first-order valence-corrected chi connectivity index (χ1v) is 6.28. The molecule has 2 aromatic rings. The lowest BCUT2D eigenvalue weighted by atomic mass is 10.1. The highest BCUT2D eigenvalue weighted by atomic mass is 16.5. The Morgan fingerprint density at radius 1 is 1.47 bits per heavy atom. The van der Waals surface area contributed by atoms with E-state index in [1.54, 1.807) is 0 Å². The van der Waals surface area contributed by atoms with Gasteiger partial charge in [0.15, 0.2) is 0 Å². The molecule has 1 aromatic heterocycles. The van der Waals surface area contributed by atoms with Crippen molar-refractivity contribution in [3.8, 4) is 5.75 Å². The Morgan fingerprint density at radius 2 is 2.35 bits per heavy atom. The van der Waals surface area contributed by atoms with E-state index in [-0.39, 0.29) is 0 Å². The van der Waals surface area contributed by atoms with Crippen molar-refractivity contribution in [1.82, 2.24) is 10.3 Å². The third-order valence-corrected chi connectivity index (χ3v) is 3.58. The quantitative estimate of drug-likeness (QED) is 0.850. The van der Waals surface area contributed by atoms with Crippen LogP contribution in [0, 0.1) is 0 Å². The summed E-state index contributed by atoms with van der Waals surface area (Å²) in [5.74, 6) is 0.962. The van der Waals surface area contributed by atoms with Gasteiger partial charge in [0.05, 0.1) is 6.61 Å². The molecule has 1 unspecified atom stereocenters. The van der Waals surface area contributed by atoms with Crippen molar-refractivity contribution in [3.05, 3.63) is 29.5 Å². The van der Waals surface area contributed by atoms with Crippen molar-refractivity contribution < 1.29 is 4.74 Å².